The van der Waals surface area contributed by atoms with Gasteiger partial charge in [0.15, 0.2) is 5.79 Å². The van der Waals surface area contributed by atoms with Crippen molar-refractivity contribution in [1.82, 2.24) is 0 Å². The van der Waals surface area contributed by atoms with E-state index in [0.29, 0.717) is 22.7 Å². The molecule has 6 nitrogen and oxygen atoms in total. The van der Waals surface area contributed by atoms with Crippen molar-refractivity contribution >= 4 is 11.4 Å². The fraction of sp³-hybridized carbons (Fsp3) is 0.682. The Morgan fingerprint density at radius 3 is 2.57 bits per heavy atom. The van der Waals surface area contributed by atoms with Crippen LogP contribution in [0.15, 0.2) is 18.2 Å². The van der Waals surface area contributed by atoms with Gasteiger partial charge in [0.05, 0.1) is 23.4 Å². The van der Waals surface area contributed by atoms with Crippen LogP contribution in [0.3, 0.4) is 0 Å². The maximum atomic E-state index is 8.11. The van der Waals surface area contributed by atoms with Crippen molar-refractivity contribution in [2.45, 2.75) is 90.7 Å². The number of nitrogen functional groups attached to an aromatic ring is 1. The molecule has 3 rings (SSSR count). The van der Waals surface area contributed by atoms with Gasteiger partial charge >= 0.3 is 0 Å². The molecule has 0 spiro atoms. The van der Waals surface area contributed by atoms with Crippen LogP contribution in [-0.4, -0.2) is 41.5 Å². The Bertz CT molecular complexity index is 741. The minimum Gasteiger partial charge on any atom is -0.486 e. The van der Waals surface area contributed by atoms with Gasteiger partial charge in [-0.3, -0.25) is 0 Å². The zero-order chi connectivity index (χ0) is 20.9. The lowest BCUT2D eigenvalue weighted by atomic mass is 9.97. The number of fused-ring (bicyclic) bond motifs is 1. The molecule has 2 fully saturated rings. The van der Waals surface area contributed by atoms with Crippen LogP contribution < -0.4 is 10.5 Å². The highest BCUT2D eigenvalue weighted by atomic mass is 16.8. The molecule has 0 aromatic heterocycles. The van der Waals surface area contributed by atoms with Crippen LogP contribution in [0.25, 0.3) is 0 Å². The molecule has 1 aliphatic carbocycles. The molecule has 0 bridgehead atoms. The summed E-state index contributed by atoms with van der Waals surface area (Å²) in [6, 6.07) is 5.51. The molecule has 1 saturated heterocycles. The Kier molecular flexibility index (Phi) is 5.51. The maximum Gasteiger partial charge on any atom is 0.163 e. The second-order valence-electron chi connectivity index (χ2n) is 9.40. The van der Waals surface area contributed by atoms with E-state index in [1.807, 2.05) is 26.0 Å². The van der Waals surface area contributed by atoms with E-state index in [2.05, 4.69) is 27.7 Å². The maximum absolute atomic E-state index is 8.11. The predicted octanol–water partition coefficient (Wildman–Crippen LogP) is 4.15. The van der Waals surface area contributed by atoms with Crippen molar-refractivity contribution in [3.8, 4) is 5.75 Å². The summed E-state index contributed by atoms with van der Waals surface area (Å²) in [7, 11) is 0. The van der Waals surface area contributed by atoms with E-state index >= 15 is 0 Å². The lowest BCUT2D eigenvalue weighted by Crippen LogP contribution is -2.42. The molecule has 28 heavy (non-hydrogen) atoms. The molecule has 2 aliphatic rings. The highest BCUT2D eigenvalue weighted by Gasteiger charge is 2.56. The number of rotatable bonds is 5. The molecule has 3 N–H and O–H groups in total. The fourth-order valence-electron chi connectivity index (χ4n) is 4.42. The van der Waals surface area contributed by atoms with Gasteiger partial charge in [-0.2, -0.15) is 0 Å². The van der Waals surface area contributed by atoms with Gasteiger partial charge < -0.3 is 30.1 Å². The molecule has 1 saturated carbocycles. The van der Waals surface area contributed by atoms with Gasteiger partial charge in [0.25, 0.3) is 0 Å². The summed E-state index contributed by atoms with van der Waals surface area (Å²) in [5, 5.41) is 8.11. The van der Waals surface area contributed by atoms with E-state index in [1.165, 1.54) is 0 Å². The van der Waals surface area contributed by atoms with E-state index in [1.54, 1.807) is 13.0 Å². The van der Waals surface area contributed by atoms with Gasteiger partial charge in [0, 0.05) is 17.3 Å². The first-order valence-corrected chi connectivity index (χ1v) is 10.0. The molecule has 1 aromatic rings. The quantitative estimate of drug-likeness (QED) is 0.583. The van der Waals surface area contributed by atoms with Crippen LogP contribution in [0.2, 0.25) is 0 Å². The minimum absolute atomic E-state index is 0.0310. The third-order valence-electron chi connectivity index (χ3n) is 5.31. The number of nitrogens with one attached hydrogen (secondary N) is 1. The average molecular weight is 391 g/mol. The molecular formula is C22H34N2O4. The van der Waals surface area contributed by atoms with E-state index in [9.17, 15) is 0 Å². The molecule has 0 radical (unpaired) electrons. The number of hydrogen-bond donors (Lipinski definition) is 2. The van der Waals surface area contributed by atoms with Crippen molar-refractivity contribution in [3.63, 3.8) is 0 Å². The SMILES string of the molecule is CC(=N)c1c(N)cccc1OC1C(C(C)OC(C)(C)C)CC2OC(C)(C)OC21. The van der Waals surface area contributed by atoms with Crippen LogP contribution in [0.1, 0.15) is 60.5 Å². The molecular weight excluding hydrogens is 356 g/mol. The molecule has 156 valence electrons. The van der Waals surface area contributed by atoms with Gasteiger partial charge in [-0.1, -0.05) is 6.07 Å². The summed E-state index contributed by atoms with van der Waals surface area (Å²) >= 11 is 0. The number of benzene rings is 1. The summed E-state index contributed by atoms with van der Waals surface area (Å²) < 4.78 is 25.1. The fourth-order valence-corrected chi connectivity index (χ4v) is 4.42. The first kappa shape index (κ1) is 21.1. The van der Waals surface area contributed by atoms with Crippen LogP contribution in [0.4, 0.5) is 5.69 Å². The van der Waals surface area contributed by atoms with E-state index in [-0.39, 0.29) is 35.9 Å². The van der Waals surface area contributed by atoms with Crippen molar-refractivity contribution in [2.24, 2.45) is 5.92 Å². The van der Waals surface area contributed by atoms with Crippen LogP contribution >= 0.6 is 0 Å². The highest BCUT2D eigenvalue weighted by molar-refractivity contribution is 6.03. The number of hydrogen-bond acceptors (Lipinski definition) is 6. The third kappa shape index (κ3) is 4.34. The monoisotopic (exact) mass is 390 g/mol. The number of anilines is 1. The molecule has 1 aliphatic heterocycles. The molecule has 1 aromatic carbocycles. The van der Waals surface area contributed by atoms with Crippen molar-refractivity contribution < 1.29 is 18.9 Å². The van der Waals surface area contributed by atoms with E-state index in [0.717, 1.165) is 6.42 Å². The minimum atomic E-state index is -0.633. The molecule has 1 heterocycles. The topological polar surface area (TPSA) is 86.8 Å². The van der Waals surface area contributed by atoms with Crippen LogP contribution in [-0.2, 0) is 14.2 Å². The van der Waals surface area contributed by atoms with Crippen molar-refractivity contribution in [3.05, 3.63) is 23.8 Å². The summed E-state index contributed by atoms with van der Waals surface area (Å²) in [5.41, 5.74) is 7.42. The zero-order valence-corrected chi connectivity index (χ0v) is 18.0. The first-order valence-electron chi connectivity index (χ1n) is 10.0. The van der Waals surface area contributed by atoms with Crippen molar-refractivity contribution in [2.75, 3.05) is 5.73 Å². The molecule has 6 heteroatoms. The zero-order valence-electron chi connectivity index (χ0n) is 18.0. The third-order valence-corrected chi connectivity index (χ3v) is 5.31. The number of ether oxygens (including phenoxy) is 4. The summed E-state index contributed by atoms with van der Waals surface area (Å²) in [6.45, 7) is 13.8. The van der Waals surface area contributed by atoms with Gasteiger partial charge in [0.2, 0.25) is 0 Å². The summed E-state index contributed by atoms with van der Waals surface area (Å²) in [4.78, 5) is 0. The van der Waals surface area contributed by atoms with Gasteiger partial charge in [-0.25, -0.2) is 0 Å². The standard InChI is InChI=1S/C22H34N2O4/c1-12(23)18-15(24)9-8-10-16(18)25-19-14(13(2)26-21(3,4)5)11-17-20(19)28-22(6,7)27-17/h8-10,13-14,17,19-20,23H,11,24H2,1-7H3. The molecule has 5 atom stereocenters. The summed E-state index contributed by atoms with van der Waals surface area (Å²) in [6.07, 6.45) is 0.297. The van der Waals surface area contributed by atoms with Crippen LogP contribution in [0.5, 0.6) is 5.75 Å². The smallest absolute Gasteiger partial charge is 0.163 e. The molecule has 5 unspecified atom stereocenters. The van der Waals surface area contributed by atoms with Crippen LogP contribution in [0, 0.1) is 11.3 Å². The average Bonchev–Trinajstić information content (AvgIpc) is 2.98. The Balaban J connectivity index is 1.92. The Morgan fingerprint density at radius 2 is 1.96 bits per heavy atom. The lowest BCUT2D eigenvalue weighted by Gasteiger charge is -2.34. The largest absolute Gasteiger partial charge is 0.486 e. The lowest BCUT2D eigenvalue weighted by molar-refractivity contribution is -0.175. The first-order chi connectivity index (χ1) is 12.9. The Labute approximate surface area is 168 Å². The summed E-state index contributed by atoms with van der Waals surface area (Å²) in [5.74, 6) is 0.0801. The van der Waals surface area contributed by atoms with Gasteiger partial charge in [0.1, 0.15) is 18.0 Å². The predicted molar refractivity (Wildman–Crippen MR) is 110 cm³/mol. The normalized spacial score (nSPS) is 30.1. The van der Waals surface area contributed by atoms with Gasteiger partial charge in [-0.15, -0.1) is 0 Å². The Morgan fingerprint density at radius 1 is 1.29 bits per heavy atom. The van der Waals surface area contributed by atoms with Crippen molar-refractivity contribution in [1.29, 1.82) is 5.41 Å². The highest BCUT2D eigenvalue weighted by Crippen LogP contribution is 2.45. The van der Waals surface area contributed by atoms with E-state index < -0.39 is 5.79 Å². The molecule has 0 amide bonds. The number of nitrogens with two attached hydrogens (primary N) is 1. The Hall–Kier alpha value is -1.63. The van der Waals surface area contributed by atoms with E-state index in [4.69, 9.17) is 30.1 Å². The second kappa shape index (κ2) is 7.32. The van der Waals surface area contributed by atoms with Gasteiger partial charge in [-0.05, 0) is 67.0 Å². The second-order valence-corrected chi connectivity index (χ2v) is 9.40.